The zero-order valence-corrected chi connectivity index (χ0v) is 32.5. The maximum atomic E-state index is 11.1. The van der Waals surface area contributed by atoms with Crippen molar-refractivity contribution >= 4 is 5.78 Å². The van der Waals surface area contributed by atoms with Gasteiger partial charge in [0.1, 0.15) is 5.78 Å². The molecule has 4 aliphatic carbocycles. The van der Waals surface area contributed by atoms with Gasteiger partial charge < -0.3 is 14.9 Å². The lowest BCUT2D eigenvalue weighted by Gasteiger charge is -2.38. The van der Waals surface area contributed by atoms with E-state index < -0.39 is 0 Å². The standard InChI is InChI=1S/C15H30N.C14H25N.C10H18O.C5H10.H2O/c1-16(13-9-10-14-16)15-11-7-5-3-2-4-6-8-12-15;1-2-4-6-10-14(11-7-5-3-1)15-12-8-9-13-15;11-10-8-6-4-2-1-3-5-7-9-10;1-2-4-5-3-1;/h15H,2-14H2,1H3;10H,1-9,11-13H2;1-9H2;1-5H2;1H2/q+1;;;;/p-1. The minimum Gasteiger partial charge on any atom is -0.870 e. The van der Waals surface area contributed by atoms with Crippen LogP contribution >= 0.6 is 0 Å². The largest absolute Gasteiger partial charge is 0.870 e. The third-order valence-corrected chi connectivity index (χ3v) is 12.5. The molecule has 0 spiro atoms. The molecule has 1 N–H and O–H groups in total. The van der Waals surface area contributed by atoms with Crippen molar-refractivity contribution in [1.29, 1.82) is 0 Å². The Kier molecular flexibility index (Phi) is 26.0. The Morgan fingerprint density at radius 3 is 1.31 bits per heavy atom. The topological polar surface area (TPSA) is 50.3 Å². The molecular weight excluding hydrogens is 588 g/mol. The molecular formula is C44H84N2O2. The Morgan fingerprint density at radius 2 is 0.854 bits per heavy atom. The predicted molar refractivity (Wildman–Crippen MR) is 208 cm³/mol. The molecule has 0 atom stereocenters. The lowest BCUT2D eigenvalue weighted by atomic mass is 9.95. The van der Waals surface area contributed by atoms with Gasteiger partial charge in [-0.05, 0) is 77.0 Å². The van der Waals surface area contributed by atoms with Crippen LogP contribution in [-0.4, -0.2) is 59.9 Å². The van der Waals surface area contributed by atoms with E-state index in [1.165, 1.54) is 230 Å². The molecule has 3 saturated carbocycles. The summed E-state index contributed by atoms with van der Waals surface area (Å²) in [6.07, 6.45) is 51.2. The smallest absolute Gasteiger partial charge is 0.132 e. The molecule has 0 aromatic rings. The molecule has 6 rings (SSSR count). The van der Waals surface area contributed by atoms with Crippen LogP contribution in [0.25, 0.3) is 0 Å². The zero-order valence-electron chi connectivity index (χ0n) is 32.5. The van der Waals surface area contributed by atoms with Crippen molar-refractivity contribution in [1.82, 2.24) is 4.90 Å². The molecule has 0 aromatic heterocycles. The average molecular weight is 673 g/mol. The predicted octanol–water partition coefficient (Wildman–Crippen LogP) is 13.1. The van der Waals surface area contributed by atoms with Crippen molar-refractivity contribution in [2.24, 2.45) is 0 Å². The maximum Gasteiger partial charge on any atom is 0.132 e. The summed E-state index contributed by atoms with van der Waals surface area (Å²) in [4.78, 5) is 13.7. The Morgan fingerprint density at radius 1 is 0.479 bits per heavy atom. The number of carbonyl (C=O) groups excluding carboxylic acids is 1. The van der Waals surface area contributed by atoms with Crippen LogP contribution in [0.5, 0.6) is 0 Å². The summed E-state index contributed by atoms with van der Waals surface area (Å²) in [7, 11) is 2.53. The first-order valence-electron chi connectivity index (χ1n) is 22.0. The van der Waals surface area contributed by atoms with Crippen molar-refractivity contribution in [2.75, 3.05) is 33.2 Å². The fourth-order valence-electron chi connectivity index (χ4n) is 9.19. The Hall–Kier alpha value is -0.870. The van der Waals surface area contributed by atoms with E-state index in [0.717, 1.165) is 31.7 Å². The number of Topliss-reactive ketones (excluding diaryl/α,β-unsaturated/α-hetero) is 1. The monoisotopic (exact) mass is 673 g/mol. The number of hydrogen-bond donors (Lipinski definition) is 0. The minimum atomic E-state index is 0. The normalized spacial score (nSPS) is 25.3. The van der Waals surface area contributed by atoms with E-state index in [9.17, 15) is 4.79 Å². The second-order valence-corrected chi connectivity index (χ2v) is 16.7. The Bertz CT molecular complexity index is 749. The van der Waals surface area contributed by atoms with Crippen LogP contribution in [0.1, 0.15) is 225 Å². The van der Waals surface area contributed by atoms with Gasteiger partial charge >= 0.3 is 0 Å². The molecule has 0 amide bonds. The molecule has 4 heteroatoms. The Labute approximate surface area is 300 Å². The molecule has 0 bridgehead atoms. The van der Waals surface area contributed by atoms with E-state index in [1.807, 2.05) is 0 Å². The third-order valence-electron chi connectivity index (χ3n) is 12.5. The van der Waals surface area contributed by atoms with Crippen LogP contribution in [-0.2, 0) is 4.79 Å². The number of carbonyl (C=O) groups is 1. The molecule has 2 heterocycles. The molecule has 0 radical (unpaired) electrons. The zero-order chi connectivity index (χ0) is 33.1. The van der Waals surface area contributed by atoms with Gasteiger partial charge in [-0.25, -0.2) is 0 Å². The molecule has 0 unspecified atom stereocenters. The number of allylic oxidation sites excluding steroid dienone is 2. The van der Waals surface area contributed by atoms with Crippen molar-refractivity contribution < 1.29 is 14.8 Å². The van der Waals surface area contributed by atoms with Crippen molar-refractivity contribution in [2.45, 2.75) is 231 Å². The molecule has 48 heavy (non-hydrogen) atoms. The van der Waals surface area contributed by atoms with E-state index in [0.29, 0.717) is 5.78 Å². The number of likely N-dealkylation sites (tertiary alicyclic amines) is 2. The summed E-state index contributed by atoms with van der Waals surface area (Å²) in [5, 5.41) is 0. The van der Waals surface area contributed by atoms with Crippen molar-refractivity contribution in [3.8, 4) is 0 Å². The molecule has 2 aliphatic heterocycles. The fourth-order valence-corrected chi connectivity index (χ4v) is 9.19. The van der Waals surface area contributed by atoms with E-state index in [2.05, 4.69) is 18.0 Å². The van der Waals surface area contributed by atoms with Crippen LogP contribution in [0.2, 0.25) is 0 Å². The molecule has 0 aromatic carbocycles. The minimum absolute atomic E-state index is 0. The second kappa shape index (κ2) is 28.8. The van der Waals surface area contributed by atoms with Crippen LogP contribution in [0.3, 0.4) is 0 Å². The summed E-state index contributed by atoms with van der Waals surface area (Å²) in [6.45, 7) is 5.58. The van der Waals surface area contributed by atoms with Gasteiger partial charge in [0.25, 0.3) is 0 Å². The van der Waals surface area contributed by atoms with Gasteiger partial charge in [-0.15, -0.1) is 0 Å². The highest BCUT2D eigenvalue weighted by Gasteiger charge is 2.34. The summed E-state index contributed by atoms with van der Waals surface area (Å²) >= 11 is 0. The van der Waals surface area contributed by atoms with E-state index in [4.69, 9.17) is 0 Å². The van der Waals surface area contributed by atoms with Crippen LogP contribution < -0.4 is 0 Å². The second-order valence-electron chi connectivity index (χ2n) is 16.7. The van der Waals surface area contributed by atoms with Crippen molar-refractivity contribution in [3.63, 3.8) is 0 Å². The quantitative estimate of drug-likeness (QED) is 0.274. The number of quaternary nitrogens is 1. The Balaban J connectivity index is 0.000000234. The summed E-state index contributed by atoms with van der Waals surface area (Å²) in [5.74, 6) is 0.493. The lowest BCUT2D eigenvalue weighted by Crippen LogP contribution is -2.49. The van der Waals surface area contributed by atoms with Gasteiger partial charge in [-0.3, -0.25) is 4.79 Å². The summed E-state index contributed by atoms with van der Waals surface area (Å²) in [6, 6.07) is 1.00. The average Bonchev–Trinajstić information content (AvgIpc) is 3.92. The van der Waals surface area contributed by atoms with Crippen LogP contribution in [0.15, 0.2) is 11.8 Å². The maximum absolute atomic E-state index is 11.1. The SMILES string of the molecule is C1=C(N2CCCC2)CCCCCCCC1.C1CCCC1.C[N+]1(C2CCCCCCCCC2)CCCC1.O=C1CCCCCCCCC1.[OH-]. The molecule has 6 aliphatic rings. The summed E-state index contributed by atoms with van der Waals surface area (Å²) in [5.41, 5.74) is 1.68. The third kappa shape index (κ3) is 20.1. The first-order chi connectivity index (χ1) is 23.2. The van der Waals surface area contributed by atoms with Gasteiger partial charge in [0.05, 0.1) is 26.2 Å². The van der Waals surface area contributed by atoms with Gasteiger partial charge in [0.2, 0.25) is 0 Å². The first kappa shape index (κ1) is 43.3. The van der Waals surface area contributed by atoms with Crippen molar-refractivity contribution in [3.05, 3.63) is 11.8 Å². The number of nitrogens with zero attached hydrogens (tertiary/aromatic N) is 2. The van der Waals surface area contributed by atoms with Crippen LogP contribution in [0, 0.1) is 0 Å². The van der Waals surface area contributed by atoms with Gasteiger partial charge in [0.15, 0.2) is 0 Å². The molecule has 282 valence electrons. The van der Waals surface area contributed by atoms with Gasteiger partial charge in [0, 0.05) is 44.5 Å². The molecule has 5 fully saturated rings. The molecule has 2 saturated heterocycles. The fraction of sp³-hybridized carbons (Fsp3) is 0.932. The highest BCUT2D eigenvalue weighted by molar-refractivity contribution is 5.78. The van der Waals surface area contributed by atoms with Crippen LogP contribution in [0.4, 0.5) is 0 Å². The first-order valence-corrected chi connectivity index (χ1v) is 22.0. The van der Waals surface area contributed by atoms with E-state index in [-0.39, 0.29) is 5.48 Å². The highest BCUT2D eigenvalue weighted by Crippen LogP contribution is 2.29. The summed E-state index contributed by atoms with van der Waals surface area (Å²) < 4.78 is 1.42. The van der Waals surface area contributed by atoms with Gasteiger partial charge in [-0.1, -0.05) is 128 Å². The highest BCUT2D eigenvalue weighted by atomic mass is 16.1. The van der Waals surface area contributed by atoms with E-state index >= 15 is 0 Å². The lowest BCUT2D eigenvalue weighted by molar-refractivity contribution is -0.923. The van der Waals surface area contributed by atoms with Gasteiger partial charge in [-0.2, -0.15) is 0 Å². The van der Waals surface area contributed by atoms with E-state index in [1.54, 1.807) is 5.70 Å². The number of rotatable bonds is 2. The number of hydrogen-bond acceptors (Lipinski definition) is 3. The number of ketones is 1. The molecule has 4 nitrogen and oxygen atoms in total.